The number of hydrogen-bond donors (Lipinski definition) is 14. The van der Waals surface area contributed by atoms with Crippen molar-refractivity contribution >= 4 is 18.0 Å². The van der Waals surface area contributed by atoms with Gasteiger partial charge in [0.25, 0.3) is 0 Å². The summed E-state index contributed by atoms with van der Waals surface area (Å²) in [6, 6.07) is 4.35. The van der Waals surface area contributed by atoms with Gasteiger partial charge in [0.05, 0.1) is 44.6 Å². The van der Waals surface area contributed by atoms with Crippen molar-refractivity contribution < 1.29 is 138 Å². The number of carboxylic acid groups (broad SMARTS) is 1. The van der Waals surface area contributed by atoms with E-state index in [2.05, 4.69) is 54.5 Å². The van der Waals surface area contributed by atoms with Crippen LogP contribution in [-0.4, -0.2) is 264 Å². The van der Waals surface area contributed by atoms with Crippen molar-refractivity contribution in [2.75, 3.05) is 33.5 Å². The highest BCUT2D eigenvalue weighted by Crippen LogP contribution is 2.76. The highest BCUT2D eigenvalue weighted by molar-refractivity contribution is 5.87. The molecule has 1 aromatic rings. The summed E-state index contributed by atoms with van der Waals surface area (Å²) in [7, 11) is 1.37. The van der Waals surface area contributed by atoms with Gasteiger partial charge in [-0.15, -0.1) is 0 Å². The molecule has 0 bridgehead atoms. The summed E-state index contributed by atoms with van der Waals surface area (Å²) in [4.78, 5) is 25.8. The topological polar surface area (TPSA) is 428 Å². The van der Waals surface area contributed by atoms with Crippen LogP contribution in [0.15, 0.2) is 35.9 Å². The summed E-state index contributed by atoms with van der Waals surface area (Å²) in [5.74, 6) is -1.09. The largest absolute Gasteiger partial charge is 0.504 e. The van der Waals surface area contributed by atoms with Gasteiger partial charge in [-0.05, 0) is 140 Å². The highest BCUT2D eigenvalue weighted by atomic mass is 16.8. The molecule has 14 N–H and O–H groups in total. The Morgan fingerprint density at radius 1 is 0.625 bits per heavy atom. The number of carbonyl (C=O) groups is 2. The van der Waals surface area contributed by atoms with Gasteiger partial charge < -0.3 is 128 Å². The first-order chi connectivity index (χ1) is 45.1. The average Bonchev–Trinajstić information content (AvgIpc) is 0.676. The first-order valence-corrected chi connectivity index (χ1v) is 33.9. The lowest BCUT2D eigenvalue weighted by atomic mass is 9.33. The molecule has 5 heterocycles. The summed E-state index contributed by atoms with van der Waals surface area (Å²) in [6.45, 7) is 15.2. The molecule has 5 saturated heterocycles. The van der Waals surface area contributed by atoms with E-state index in [0.717, 1.165) is 51.0 Å². The van der Waals surface area contributed by atoms with Gasteiger partial charge in [-0.1, -0.05) is 66.2 Å². The van der Waals surface area contributed by atoms with Crippen LogP contribution in [0.5, 0.6) is 11.5 Å². The summed E-state index contributed by atoms with van der Waals surface area (Å²) in [6.07, 6.45) is -27.1. The maximum absolute atomic E-state index is 13.2. The molecule has 10 aliphatic rings. The number of carbonyl (C=O) groups excluding carboxylic acids is 1. The third kappa shape index (κ3) is 13.1. The number of aliphatic hydroxyl groups excluding tert-OH is 12. The zero-order chi connectivity index (χ0) is 69.7. The molecule has 31 atom stereocenters. The number of rotatable bonds is 17. The van der Waals surface area contributed by atoms with Gasteiger partial charge in [0.15, 0.2) is 42.9 Å². The van der Waals surface area contributed by atoms with Crippen LogP contribution in [0.3, 0.4) is 0 Å². The van der Waals surface area contributed by atoms with Crippen LogP contribution in [0.2, 0.25) is 0 Å². The molecule has 5 aliphatic carbocycles. The first-order valence-electron chi connectivity index (χ1n) is 33.9. The van der Waals surface area contributed by atoms with Crippen LogP contribution in [0.1, 0.15) is 125 Å². The fraction of sp³-hybridized carbons (Fsp3) is 0.824. The number of benzene rings is 1. The van der Waals surface area contributed by atoms with Gasteiger partial charge in [0, 0.05) is 6.08 Å². The minimum atomic E-state index is -2.05. The molecule has 96 heavy (non-hydrogen) atoms. The Balaban J connectivity index is 0.696. The molecule has 11 rings (SSSR count). The van der Waals surface area contributed by atoms with Crippen molar-refractivity contribution in [3.05, 3.63) is 41.5 Å². The molecular weight excluding hydrogens is 1260 g/mol. The molecular formula is C68H102O28. The molecule has 1 aromatic carbocycles. The second kappa shape index (κ2) is 28.0. The number of phenols is 1. The third-order valence-electron chi connectivity index (χ3n) is 24.6. The van der Waals surface area contributed by atoms with E-state index < -0.39 is 190 Å². The predicted molar refractivity (Wildman–Crippen MR) is 330 cm³/mol. The number of esters is 1. The van der Waals surface area contributed by atoms with Crippen LogP contribution >= 0.6 is 0 Å². The van der Waals surface area contributed by atoms with E-state index in [0.29, 0.717) is 30.7 Å². The number of fused-ring (bicyclic) bond motifs is 7. The molecule has 5 aliphatic heterocycles. The Morgan fingerprint density at radius 3 is 1.97 bits per heavy atom. The smallest absolute Gasteiger partial charge is 0.330 e. The second-order valence-electron chi connectivity index (χ2n) is 30.9. The number of ether oxygens (including phenoxy) is 12. The van der Waals surface area contributed by atoms with Crippen molar-refractivity contribution in [1.29, 1.82) is 0 Å². The Kier molecular flexibility index (Phi) is 21.4. The van der Waals surface area contributed by atoms with E-state index in [1.54, 1.807) is 6.07 Å². The van der Waals surface area contributed by atoms with E-state index in [1.165, 1.54) is 37.8 Å². The molecule has 28 nitrogen and oxygen atoms in total. The number of allylic oxidation sites excluding steroid dienone is 2. The lowest BCUT2D eigenvalue weighted by Crippen LogP contribution is -2.66. The van der Waals surface area contributed by atoms with Gasteiger partial charge >= 0.3 is 11.9 Å². The molecule has 0 amide bonds. The van der Waals surface area contributed by atoms with Crippen LogP contribution in [0.4, 0.5) is 0 Å². The minimum Gasteiger partial charge on any atom is -0.504 e. The number of aliphatic carboxylic acids is 1. The first kappa shape index (κ1) is 73.6. The zero-order valence-electron chi connectivity index (χ0n) is 55.9. The van der Waals surface area contributed by atoms with Crippen molar-refractivity contribution in [3.63, 3.8) is 0 Å². The second-order valence-corrected chi connectivity index (χ2v) is 30.9. The number of phenolic OH excluding ortho intramolecular Hbond substituents is 1. The number of aliphatic hydroxyl groups is 12. The molecule has 4 saturated carbocycles. The Labute approximate surface area is 557 Å². The van der Waals surface area contributed by atoms with E-state index in [4.69, 9.17) is 56.8 Å². The summed E-state index contributed by atoms with van der Waals surface area (Å²) < 4.78 is 70.4. The number of hydrogen-bond acceptors (Lipinski definition) is 27. The molecule has 0 spiro atoms. The molecule has 0 radical (unpaired) electrons. The average molecular weight is 1370 g/mol. The van der Waals surface area contributed by atoms with E-state index in [9.17, 15) is 81.1 Å². The van der Waals surface area contributed by atoms with Gasteiger partial charge in [-0.2, -0.15) is 0 Å². The predicted octanol–water partition coefficient (Wildman–Crippen LogP) is 0.639. The summed E-state index contributed by atoms with van der Waals surface area (Å²) >= 11 is 0. The van der Waals surface area contributed by atoms with Crippen LogP contribution < -0.4 is 4.74 Å². The number of aromatic hydroxyl groups is 1. The van der Waals surface area contributed by atoms with Crippen LogP contribution in [0, 0.1) is 50.2 Å². The van der Waals surface area contributed by atoms with Gasteiger partial charge in [-0.25, -0.2) is 4.79 Å². The van der Waals surface area contributed by atoms with E-state index >= 15 is 0 Å². The summed E-state index contributed by atoms with van der Waals surface area (Å²) in [5, 5.41) is 155. The molecule has 0 unspecified atom stereocenters. The number of carboxylic acids is 1. The lowest BCUT2D eigenvalue weighted by molar-refractivity contribution is -0.386. The van der Waals surface area contributed by atoms with E-state index in [1.807, 2.05) is 0 Å². The Hall–Kier alpha value is -3.64. The van der Waals surface area contributed by atoms with Crippen molar-refractivity contribution in [1.82, 2.24) is 0 Å². The highest BCUT2D eigenvalue weighted by Gasteiger charge is 2.70. The fourth-order valence-corrected chi connectivity index (χ4v) is 18.6. The molecule has 542 valence electrons. The minimum absolute atomic E-state index is 0.00854. The maximum atomic E-state index is 13.2. The normalized spacial score (nSPS) is 48.5. The van der Waals surface area contributed by atoms with Crippen LogP contribution in [-0.2, 0) is 61.7 Å². The Bertz CT molecular complexity index is 2960. The molecule has 9 fully saturated rings. The van der Waals surface area contributed by atoms with Crippen LogP contribution in [0.25, 0.3) is 6.08 Å². The van der Waals surface area contributed by atoms with Crippen molar-refractivity contribution in [2.24, 2.45) is 50.2 Å². The third-order valence-corrected chi connectivity index (χ3v) is 24.6. The van der Waals surface area contributed by atoms with Gasteiger partial charge in [0.2, 0.25) is 0 Å². The zero-order valence-corrected chi connectivity index (χ0v) is 55.9. The van der Waals surface area contributed by atoms with Gasteiger partial charge in [-0.3, -0.25) is 4.79 Å². The van der Waals surface area contributed by atoms with Gasteiger partial charge in [0.1, 0.15) is 110 Å². The number of methoxy groups -OCH3 is 1. The monoisotopic (exact) mass is 1370 g/mol. The lowest BCUT2D eigenvalue weighted by Gasteiger charge is -2.71. The maximum Gasteiger partial charge on any atom is 0.330 e. The molecule has 28 heteroatoms. The Morgan fingerprint density at radius 2 is 1.27 bits per heavy atom. The van der Waals surface area contributed by atoms with Crippen molar-refractivity contribution in [2.45, 2.75) is 267 Å². The standard InChI is InChI=1S/C68H102O28/c1-30-44(73)55(95-57-50(79)47(76)39(29-88-57)91-58-52(81)49(78)54(37(26-69)90-58)94-59-51(80)48(77)46(75)38(92-59)28-86-43(72)15-11-31-10-13-36(85-9)34(70)24-31)53(82)60(89-30)96-56-45(74)35(71)27-87-61(56)93-42-17-18-65(6)40(64(42,4)5)16-19-67(8)41(65)14-12-32-33-25-63(2,3)20-22-68(33,62(83)84)23-21-66(32,67)7/h10-13,15,24,30,33,35,37-42,44-61,69-71,73-82H,14,16-23,25-29H2,1-9H3,(H,83,84)/b15-11+/t30-,33-,35-,37+,38+,39+,40-,41+,42-,44-,45-,46+,47+,48-,49+,50+,51+,52+,53+,54+,55+,56+,57-,58-,59-,60-,61-,65-,66+,67+,68-/m0/s1. The fourth-order valence-electron chi connectivity index (χ4n) is 18.6. The quantitative estimate of drug-likeness (QED) is 0.0440. The van der Waals surface area contributed by atoms with Crippen molar-refractivity contribution in [3.8, 4) is 11.5 Å². The molecule has 0 aromatic heterocycles. The summed E-state index contributed by atoms with van der Waals surface area (Å²) in [5.41, 5.74) is 0.228. The SMILES string of the molecule is COc1ccc(/C=C/C(=O)OC[C@H]2O[C@@H](O[C@H]3[C@H](O)[C@@H](O)[C@H](O[C@@H]4CO[C@@H](O[C@@H]5[C@@H](O)[C@H](C)O[C@@H](O[C@H]6[C@H](O[C@H]7CC[C@]8(C)[C@H]9CC=C%10[C@@H]%11CC(C)(C)CC[C@]%11(C(=O)O)CC[C@@]%10(C)[C@]9(C)CC[C@H]8C7(C)C)OC[C@H](O)[C@@H]6O)[C@@H]5O)[C@H](O)[C@@H]4O)O[C@@H]3CO)[C@H](O)[C@@H](O)[C@@H]2O)cc1O. The van der Waals surface area contributed by atoms with E-state index in [-0.39, 0.29) is 51.6 Å².